The van der Waals surface area contributed by atoms with Gasteiger partial charge in [0.2, 0.25) is 0 Å². The summed E-state index contributed by atoms with van der Waals surface area (Å²) in [6.07, 6.45) is 1.75. The molecular formula is C9H9OSi. The summed E-state index contributed by atoms with van der Waals surface area (Å²) >= 11 is 0. The van der Waals surface area contributed by atoms with Crippen molar-refractivity contribution in [3.63, 3.8) is 0 Å². The van der Waals surface area contributed by atoms with Crippen LogP contribution < -0.4 is 0 Å². The first-order chi connectivity index (χ1) is 5.20. The lowest BCUT2D eigenvalue weighted by atomic mass is 10.1. The van der Waals surface area contributed by atoms with E-state index < -0.39 is 5.22 Å². The van der Waals surface area contributed by atoms with Gasteiger partial charge in [-0.1, -0.05) is 24.3 Å². The van der Waals surface area contributed by atoms with E-state index in [-0.39, 0.29) is 0 Å². The fraction of sp³-hybridized carbons (Fsp3) is 0.333. The van der Waals surface area contributed by atoms with Crippen molar-refractivity contribution < 1.29 is 5.11 Å². The second-order valence-electron chi connectivity index (χ2n) is 3.02. The molecule has 0 saturated heterocycles. The summed E-state index contributed by atoms with van der Waals surface area (Å²) in [4.78, 5) is 0. The molecule has 0 bridgehead atoms. The second-order valence-corrected chi connectivity index (χ2v) is 3.84. The molecule has 2 rings (SSSR count). The average molecular weight is 161 g/mol. The van der Waals surface area contributed by atoms with Crippen LogP contribution >= 0.6 is 0 Å². The van der Waals surface area contributed by atoms with E-state index in [0.29, 0.717) is 0 Å². The van der Waals surface area contributed by atoms with Crippen LogP contribution in [0.3, 0.4) is 0 Å². The molecule has 0 aliphatic heterocycles. The minimum absolute atomic E-state index is 0.767. The van der Waals surface area contributed by atoms with Crippen LogP contribution in [-0.4, -0.2) is 15.3 Å². The van der Waals surface area contributed by atoms with E-state index in [0.717, 1.165) is 18.4 Å². The van der Waals surface area contributed by atoms with E-state index in [2.05, 4.69) is 16.3 Å². The summed E-state index contributed by atoms with van der Waals surface area (Å²) in [5.74, 6) is 0. The Kier molecular flexibility index (Phi) is 1.41. The van der Waals surface area contributed by atoms with Crippen LogP contribution in [-0.2, 0) is 11.6 Å². The molecular weight excluding hydrogens is 152 g/mol. The van der Waals surface area contributed by atoms with Gasteiger partial charge in [0.15, 0.2) is 0 Å². The van der Waals surface area contributed by atoms with Gasteiger partial charge in [0.05, 0.1) is 15.5 Å². The van der Waals surface area contributed by atoms with Gasteiger partial charge in [-0.2, -0.15) is 0 Å². The van der Waals surface area contributed by atoms with Crippen molar-refractivity contribution in [1.82, 2.24) is 0 Å². The van der Waals surface area contributed by atoms with Gasteiger partial charge in [-0.05, 0) is 24.0 Å². The summed E-state index contributed by atoms with van der Waals surface area (Å²) in [5.41, 5.74) is 2.28. The zero-order chi connectivity index (χ0) is 7.90. The highest BCUT2D eigenvalue weighted by molar-refractivity contribution is 6.15. The lowest BCUT2D eigenvalue weighted by Gasteiger charge is -2.16. The predicted octanol–water partition coefficient (Wildman–Crippen LogP) is 0.946. The number of aliphatic hydroxyl groups is 1. The quantitative estimate of drug-likeness (QED) is 0.562. The van der Waals surface area contributed by atoms with Crippen molar-refractivity contribution in [1.29, 1.82) is 0 Å². The molecule has 2 heteroatoms. The fourth-order valence-corrected chi connectivity index (χ4v) is 1.96. The smallest absolute Gasteiger partial charge is 0.0769 e. The van der Waals surface area contributed by atoms with Crippen molar-refractivity contribution in [2.24, 2.45) is 0 Å². The van der Waals surface area contributed by atoms with Gasteiger partial charge in [-0.25, -0.2) is 0 Å². The minimum atomic E-state index is -0.767. The third-order valence-corrected chi connectivity index (χ3v) is 2.74. The maximum Gasteiger partial charge on any atom is 0.0769 e. The van der Waals surface area contributed by atoms with Gasteiger partial charge in [0.25, 0.3) is 0 Å². The maximum atomic E-state index is 9.76. The Balaban J connectivity index is 2.56. The lowest BCUT2D eigenvalue weighted by molar-refractivity contribution is 0.130. The van der Waals surface area contributed by atoms with Crippen LogP contribution in [0.4, 0.5) is 0 Å². The van der Waals surface area contributed by atoms with Crippen molar-refractivity contribution in [2.45, 2.75) is 18.1 Å². The molecule has 1 unspecified atom stereocenters. The zero-order valence-electron chi connectivity index (χ0n) is 6.17. The molecule has 0 aromatic heterocycles. The van der Waals surface area contributed by atoms with Crippen LogP contribution in [0.15, 0.2) is 24.3 Å². The first kappa shape index (κ1) is 7.07. The van der Waals surface area contributed by atoms with E-state index >= 15 is 0 Å². The highest BCUT2D eigenvalue weighted by atomic mass is 28.1. The molecule has 3 radical (unpaired) electrons. The van der Waals surface area contributed by atoms with Crippen LogP contribution in [0.1, 0.15) is 17.5 Å². The predicted molar refractivity (Wildman–Crippen MR) is 44.4 cm³/mol. The van der Waals surface area contributed by atoms with Gasteiger partial charge in [0, 0.05) is 0 Å². The van der Waals surface area contributed by atoms with Crippen LogP contribution in [0, 0.1) is 0 Å². The second kappa shape index (κ2) is 2.19. The summed E-state index contributed by atoms with van der Waals surface area (Å²) < 4.78 is 0. The standard InChI is InChI=1S/C9H9OSi/c10-9(11)6-5-7-3-1-2-4-8(7)9/h1-4,10H,5-6H2. The number of hydrogen-bond acceptors (Lipinski definition) is 1. The van der Waals surface area contributed by atoms with Crippen molar-refractivity contribution in [2.75, 3.05) is 0 Å². The molecule has 1 atom stereocenters. The molecule has 1 N–H and O–H groups in total. The van der Waals surface area contributed by atoms with E-state index in [1.807, 2.05) is 18.2 Å². The largest absolute Gasteiger partial charge is 0.390 e. The molecule has 1 aliphatic carbocycles. The van der Waals surface area contributed by atoms with Crippen LogP contribution in [0.2, 0.25) is 0 Å². The maximum absolute atomic E-state index is 9.76. The van der Waals surface area contributed by atoms with Crippen LogP contribution in [0.5, 0.6) is 0 Å². The van der Waals surface area contributed by atoms with Crippen molar-refractivity contribution in [3.8, 4) is 0 Å². The first-order valence-electron chi connectivity index (χ1n) is 3.76. The highest BCUT2D eigenvalue weighted by Crippen LogP contribution is 2.33. The molecule has 55 valence electrons. The van der Waals surface area contributed by atoms with Gasteiger partial charge in [-0.3, -0.25) is 0 Å². The Morgan fingerprint density at radius 2 is 2.09 bits per heavy atom. The summed E-state index contributed by atoms with van der Waals surface area (Å²) in [6.45, 7) is 0. The normalized spacial score (nSPS) is 28.5. The molecule has 0 spiro atoms. The summed E-state index contributed by atoms with van der Waals surface area (Å²) in [7, 11) is 3.35. The molecule has 0 saturated carbocycles. The molecule has 0 heterocycles. The molecule has 1 aromatic rings. The van der Waals surface area contributed by atoms with Gasteiger partial charge in [-0.15, -0.1) is 0 Å². The number of hydrogen-bond donors (Lipinski definition) is 1. The average Bonchev–Trinajstić information content (AvgIpc) is 2.29. The third kappa shape index (κ3) is 1.02. The zero-order valence-corrected chi connectivity index (χ0v) is 7.17. The fourth-order valence-electron chi connectivity index (χ4n) is 1.59. The minimum Gasteiger partial charge on any atom is -0.390 e. The molecule has 11 heavy (non-hydrogen) atoms. The van der Waals surface area contributed by atoms with Gasteiger partial charge in [0.1, 0.15) is 0 Å². The molecule has 1 aliphatic rings. The summed E-state index contributed by atoms with van der Waals surface area (Å²) in [5, 5.41) is 8.99. The Hall–Kier alpha value is -0.603. The van der Waals surface area contributed by atoms with E-state index in [9.17, 15) is 5.11 Å². The topological polar surface area (TPSA) is 20.2 Å². The number of fused-ring (bicyclic) bond motifs is 1. The van der Waals surface area contributed by atoms with E-state index in [1.165, 1.54) is 5.56 Å². The van der Waals surface area contributed by atoms with E-state index in [4.69, 9.17) is 0 Å². The molecule has 1 nitrogen and oxygen atoms in total. The molecule has 1 aromatic carbocycles. The molecule has 0 fully saturated rings. The van der Waals surface area contributed by atoms with Crippen LogP contribution in [0.25, 0.3) is 0 Å². The Morgan fingerprint density at radius 1 is 1.36 bits per heavy atom. The summed E-state index contributed by atoms with van der Waals surface area (Å²) in [6, 6.07) is 7.99. The van der Waals surface area contributed by atoms with Gasteiger partial charge >= 0.3 is 0 Å². The lowest BCUT2D eigenvalue weighted by Crippen LogP contribution is -2.21. The number of aryl methyl sites for hydroxylation is 1. The Labute approximate surface area is 69.5 Å². The third-order valence-electron chi connectivity index (χ3n) is 2.22. The highest BCUT2D eigenvalue weighted by Gasteiger charge is 2.30. The molecule has 0 amide bonds. The number of benzene rings is 1. The van der Waals surface area contributed by atoms with E-state index in [1.54, 1.807) is 0 Å². The monoisotopic (exact) mass is 161 g/mol. The Morgan fingerprint density at radius 3 is 2.82 bits per heavy atom. The Bertz CT molecular complexity index is 281. The van der Waals surface area contributed by atoms with Crippen molar-refractivity contribution >= 4 is 10.2 Å². The SMILES string of the molecule is OC1([Si])CCc2ccccc21. The van der Waals surface area contributed by atoms with Gasteiger partial charge < -0.3 is 5.11 Å². The first-order valence-corrected chi connectivity index (χ1v) is 4.26. The number of rotatable bonds is 0. The van der Waals surface area contributed by atoms with Crippen molar-refractivity contribution in [3.05, 3.63) is 35.4 Å².